The summed E-state index contributed by atoms with van der Waals surface area (Å²) in [5.74, 6) is -0.0211. The number of aromatic nitrogens is 1. The van der Waals surface area contributed by atoms with E-state index in [4.69, 9.17) is 9.47 Å². The average molecular weight is 623 g/mol. The Morgan fingerprint density at radius 2 is 2.02 bits per heavy atom. The number of amides is 1. The summed E-state index contributed by atoms with van der Waals surface area (Å²) in [7, 11) is 1.55. The SMILES string of the molecule is C1=NCCC1.CCOC(=O)CN(CC=CC(=O)Nc1cc2c(Nc3cccc(Br)c3)ccnc2cc1OC)C1CC1. The summed E-state index contributed by atoms with van der Waals surface area (Å²) in [5.41, 5.74) is 3.05. The predicted molar refractivity (Wildman–Crippen MR) is 167 cm³/mol. The Morgan fingerprint density at radius 1 is 1.17 bits per heavy atom. The molecule has 3 aromatic rings. The number of esters is 1. The number of anilines is 3. The summed E-state index contributed by atoms with van der Waals surface area (Å²) in [6, 6.07) is 13.8. The lowest BCUT2D eigenvalue weighted by molar-refractivity contribution is -0.144. The monoisotopic (exact) mass is 621 g/mol. The fraction of sp³-hybridized carbons (Fsp3) is 0.355. The molecule has 5 rings (SSSR count). The van der Waals surface area contributed by atoms with Gasteiger partial charge in [-0.25, -0.2) is 0 Å². The van der Waals surface area contributed by atoms with E-state index in [1.54, 1.807) is 32.4 Å². The maximum absolute atomic E-state index is 12.7. The first-order valence-electron chi connectivity index (χ1n) is 13.8. The van der Waals surface area contributed by atoms with Crippen molar-refractivity contribution >= 4 is 62.0 Å². The highest BCUT2D eigenvalue weighted by molar-refractivity contribution is 9.10. The minimum atomic E-state index is -0.287. The summed E-state index contributed by atoms with van der Waals surface area (Å²) < 4.78 is 11.5. The number of halogens is 1. The van der Waals surface area contributed by atoms with Gasteiger partial charge in [0.15, 0.2) is 0 Å². The highest BCUT2D eigenvalue weighted by Crippen LogP contribution is 2.34. The molecular weight excluding hydrogens is 586 g/mol. The molecular formula is C31H36BrN5O4. The molecule has 1 amide bonds. The molecule has 1 aromatic heterocycles. The Balaban J connectivity index is 0.000000699. The Labute approximate surface area is 249 Å². The van der Waals surface area contributed by atoms with Crippen molar-refractivity contribution in [3.8, 4) is 5.75 Å². The van der Waals surface area contributed by atoms with Gasteiger partial charge in [-0.3, -0.25) is 24.5 Å². The van der Waals surface area contributed by atoms with Crippen LogP contribution in [0, 0.1) is 0 Å². The van der Waals surface area contributed by atoms with Gasteiger partial charge in [-0.1, -0.05) is 28.1 Å². The molecule has 0 spiro atoms. The number of aliphatic imine (C=N–C) groups is 1. The van der Waals surface area contributed by atoms with Gasteiger partial charge in [0.05, 0.1) is 31.5 Å². The van der Waals surface area contributed by atoms with Crippen molar-refractivity contribution in [3.05, 3.63) is 65.3 Å². The maximum atomic E-state index is 12.7. The van der Waals surface area contributed by atoms with E-state index in [1.807, 2.05) is 47.5 Å². The summed E-state index contributed by atoms with van der Waals surface area (Å²) in [4.78, 5) is 35.0. The summed E-state index contributed by atoms with van der Waals surface area (Å²) in [5, 5.41) is 7.16. The summed E-state index contributed by atoms with van der Waals surface area (Å²) in [6.07, 6.45) is 11.6. The van der Waals surface area contributed by atoms with E-state index in [-0.39, 0.29) is 18.4 Å². The summed E-state index contributed by atoms with van der Waals surface area (Å²) in [6.45, 7) is 3.94. The van der Waals surface area contributed by atoms with Crippen molar-refractivity contribution in [2.75, 3.05) is 44.0 Å². The van der Waals surface area contributed by atoms with Gasteiger partial charge in [0.2, 0.25) is 5.91 Å². The Bertz CT molecular complexity index is 1400. The molecule has 1 aliphatic heterocycles. The van der Waals surface area contributed by atoms with Gasteiger partial charge >= 0.3 is 5.97 Å². The predicted octanol–water partition coefficient (Wildman–Crippen LogP) is 6.12. The van der Waals surface area contributed by atoms with E-state index >= 15 is 0 Å². The Kier molecular flexibility index (Phi) is 11.3. The molecule has 0 saturated heterocycles. The van der Waals surface area contributed by atoms with E-state index in [0.717, 1.165) is 46.1 Å². The van der Waals surface area contributed by atoms with Crippen LogP contribution in [0.15, 0.2) is 70.3 Å². The zero-order valence-electron chi connectivity index (χ0n) is 23.4. The normalized spacial score (nSPS) is 14.1. The Hall–Kier alpha value is -3.76. The third-order valence-electron chi connectivity index (χ3n) is 6.48. The second-order valence-electron chi connectivity index (χ2n) is 9.65. The van der Waals surface area contributed by atoms with Gasteiger partial charge in [0.25, 0.3) is 0 Å². The first-order valence-corrected chi connectivity index (χ1v) is 14.6. The number of carbonyl (C=O) groups is 2. The molecule has 0 radical (unpaired) electrons. The van der Waals surface area contributed by atoms with E-state index in [1.165, 1.54) is 18.9 Å². The summed E-state index contributed by atoms with van der Waals surface area (Å²) >= 11 is 3.49. The van der Waals surface area contributed by atoms with Crippen molar-refractivity contribution in [3.63, 3.8) is 0 Å². The van der Waals surface area contributed by atoms with Crippen molar-refractivity contribution in [1.29, 1.82) is 0 Å². The van der Waals surface area contributed by atoms with Crippen LogP contribution in [0.25, 0.3) is 10.9 Å². The molecule has 216 valence electrons. The van der Waals surface area contributed by atoms with Crippen LogP contribution in [-0.4, -0.2) is 67.4 Å². The first kappa shape index (κ1) is 30.2. The molecule has 9 nitrogen and oxygen atoms in total. The van der Waals surface area contributed by atoms with Gasteiger partial charge in [0, 0.05) is 58.7 Å². The lowest BCUT2D eigenvalue weighted by atomic mass is 10.1. The number of carbonyl (C=O) groups excluding carboxylic acids is 2. The molecule has 2 heterocycles. The minimum absolute atomic E-state index is 0.226. The van der Waals surface area contributed by atoms with E-state index < -0.39 is 0 Å². The second kappa shape index (κ2) is 15.3. The largest absolute Gasteiger partial charge is 0.494 e. The van der Waals surface area contributed by atoms with Crippen LogP contribution in [0.2, 0.25) is 0 Å². The van der Waals surface area contributed by atoms with Crippen molar-refractivity contribution in [2.45, 2.75) is 38.6 Å². The van der Waals surface area contributed by atoms with Crippen LogP contribution in [0.4, 0.5) is 17.1 Å². The number of hydrogen-bond acceptors (Lipinski definition) is 8. The van der Waals surface area contributed by atoms with Crippen molar-refractivity contribution < 1.29 is 19.1 Å². The number of methoxy groups -OCH3 is 1. The molecule has 1 aliphatic carbocycles. The molecule has 2 N–H and O–H groups in total. The third kappa shape index (κ3) is 9.40. The van der Waals surface area contributed by atoms with Crippen LogP contribution in [-0.2, 0) is 14.3 Å². The van der Waals surface area contributed by atoms with Gasteiger partial charge in [-0.05, 0) is 69.2 Å². The molecule has 0 atom stereocenters. The number of ether oxygens (including phenoxy) is 2. The average Bonchev–Trinajstić information content (AvgIpc) is 3.62. The smallest absolute Gasteiger partial charge is 0.320 e. The standard InChI is InChI=1S/C27H29BrN4O4.C4H7N/c1-3-36-27(34)17-32(20-9-10-20)13-5-8-26(33)31-24-15-21-22(30-19-7-4-6-18(28)14-19)11-12-29-23(21)16-25(24)35-2;1-2-4-5-3-1/h4-8,11-12,14-16,20H,3,9-10,13,17H2,1-2H3,(H,29,30)(H,31,33);3H,1-2,4H2. The third-order valence-corrected chi connectivity index (χ3v) is 6.98. The quantitative estimate of drug-likeness (QED) is 0.196. The molecule has 2 aromatic carbocycles. The van der Waals surface area contributed by atoms with Gasteiger partial charge < -0.3 is 20.1 Å². The van der Waals surface area contributed by atoms with Crippen LogP contribution < -0.4 is 15.4 Å². The molecule has 0 unspecified atom stereocenters. The highest BCUT2D eigenvalue weighted by atomic mass is 79.9. The lowest BCUT2D eigenvalue weighted by Crippen LogP contribution is -2.33. The number of pyridine rings is 1. The molecule has 1 fully saturated rings. The highest BCUT2D eigenvalue weighted by Gasteiger charge is 2.29. The van der Waals surface area contributed by atoms with Crippen molar-refractivity contribution in [1.82, 2.24) is 9.88 Å². The van der Waals surface area contributed by atoms with Crippen LogP contribution in [0.1, 0.15) is 32.6 Å². The molecule has 10 heteroatoms. The molecule has 1 saturated carbocycles. The molecule has 0 bridgehead atoms. The Morgan fingerprint density at radius 3 is 2.68 bits per heavy atom. The topological polar surface area (TPSA) is 105 Å². The van der Waals surface area contributed by atoms with E-state index in [2.05, 4.69) is 36.5 Å². The number of nitrogens with one attached hydrogen (secondary N) is 2. The van der Waals surface area contributed by atoms with Crippen LogP contribution in [0.3, 0.4) is 0 Å². The van der Waals surface area contributed by atoms with Crippen LogP contribution in [0.5, 0.6) is 5.75 Å². The van der Waals surface area contributed by atoms with Crippen LogP contribution >= 0.6 is 15.9 Å². The molecule has 2 aliphatic rings. The zero-order chi connectivity index (χ0) is 29.0. The van der Waals surface area contributed by atoms with Gasteiger partial charge in [-0.15, -0.1) is 0 Å². The number of nitrogens with zero attached hydrogens (tertiary/aromatic N) is 3. The van der Waals surface area contributed by atoms with E-state index in [0.29, 0.717) is 30.6 Å². The fourth-order valence-electron chi connectivity index (χ4n) is 4.35. The maximum Gasteiger partial charge on any atom is 0.320 e. The van der Waals surface area contributed by atoms with Crippen molar-refractivity contribution in [2.24, 2.45) is 4.99 Å². The first-order chi connectivity index (χ1) is 20.0. The van der Waals surface area contributed by atoms with E-state index in [9.17, 15) is 9.59 Å². The minimum Gasteiger partial charge on any atom is -0.494 e. The molecule has 41 heavy (non-hydrogen) atoms. The van der Waals surface area contributed by atoms with Gasteiger partial charge in [-0.2, -0.15) is 0 Å². The second-order valence-corrected chi connectivity index (χ2v) is 10.6. The zero-order valence-corrected chi connectivity index (χ0v) is 25.0. The number of rotatable bonds is 11. The number of fused-ring (bicyclic) bond motifs is 1. The number of benzene rings is 2. The number of hydrogen-bond donors (Lipinski definition) is 2. The fourth-order valence-corrected chi connectivity index (χ4v) is 4.75. The lowest BCUT2D eigenvalue weighted by Gasteiger charge is -2.18. The van der Waals surface area contributed by atoms with Gasteiger partial charge in [0.1, 0.15) is 5.75 Å².